The fraction of sp³-hybridized carbons (Fsp3) is 0.455. The summed E-state index contributed by atoms with van der Waals surface area (Å²) in [4.78, 5) is 0.183. The molecular weight excluding hydrogens is 515 g/mol. The van der Waals surface area contributed by atoms with Crippen molar-refractivity contribution in [3.05, 3.63) is 59.7 Å². The molecule has 0 fully saturated rings. The van der Waals surface area contributed by atoms with E-state index in [1.165, 1.54) is 52.3 Å². The van der Waals surface area contributed by atoms with Gasteiger partial charge in [-0.3, -0.25) is 4.18 Å². The largest absolute Gasteiger partial charge is 1.00 e. The van der Waals surface area contributed by atoms with Gasteiger partial charge in [-0.25, -0.2) is 8.42 Å². The van der Waals surface area contributed by atoms with Crippen molar-refractivity contribution in [3.8, 4) is 0 Å². The predicted molar refractivity (Wildman–Crippen MR) is 130 cm³/mol. The van der Waals surface area contributed by atoms with Crippen LogP contribution in [0.1, 0.15) is 29.1 Å². The number of methoxy groups -OCH3 is 2. The fourth-order valence-corrected chi connectivity index (χ4v) is 3.84. The molecule has 0 saturated heterocycles. The third-order valence-electron chi connectivity index (χ3n) is 3.56. The quantitative estimate of drug-likeness (QED) is 0.291. The summed E-state index contributed by atoms with van der Waals surface area (Å²) < 4.78 is 73.5. The minimum atomic E-state index is -3.92. The molecule has 190 valence electrons. The third kappa shape index (κ3) is 16.2. The second kappa shape index (κ2) is 17.8. The molecule has 0 radical (unpaired) electrons. The number of hydrogen-bond donors (Lipinski definition) is 1. The van der Waals surface area contributed by atoms with Crippen LogP contribution in [-0.4, -0.2) is 61.5 Å². The van der Waals surface area contributed by atoms with E-state index in [1.54, 1.807) is 24.3 Å². The molecule has 34 heavy (non-hydrogen) atoms. The Hall–Kier alpha value is -0.530. The van der Waals surface area contributed by atoms with Gasteiger partial charge in [0.25, 0.3) is 19.2 Å². The van der Waals surface area contributed by atoms with Gasteiger partial charge in [0.2, 0.25) is 0 Å². The van der Waals surface area contributed by atoms with Crippen LogP contribution in [0.15, 0.2) is 58.3 Å². The molecular formula is C22H34ClNaO8S2. The molecule has 0 aliphatic heterocycles. The Balaban J connectivity index is -0.000000501. The standard InChI is InChI=1S/C11H16O4S.C7H7ClO2S.C4H10O2.Na.H/c1-9-4-6-11(7-5-9)16(12,13)15-10(2)8-14-3;1-6-2-4-7(5-3-6)11(8,9)10;1-4(5)3-6-2;;/h4-7,10H,8H2,1-3H3;2-5H,1H3;4-5H,3H2,1-2H3;;/q;;;+1;-1/i10D;;4D;;. The zero-order valence-electron chi connectivity index (χ0n) is 23.5. The number of rotatable bonds is 8. The molecule has 2 aromatic carbocycles. The van der Waals surface area contributed by atoms with Gasteiger partial charge in [-0.1, -0.05) is 35.4 Å². The molecule has 0 aliphatic carbocycles. The number of benzene rings is 2. The van der Waals surface area contributed by atoms with Crippen LogP contribution in [0.5, 0.6) is 0 Å². The van der Waals surface area contributed by atoms with E-state index in [-0.39, 0.29) is 54.0 Å². The number of halogens is 1. The molecule has 0 saturated carbocycles. The maximum absolute atomic E-state index is 11.8. The summed E-state index contributed by atoms with van der Waals surface area (Å²) >= 11 is 0. The second-order valence-corrected chi connectivity index (χ2v) is 11.0. The summed E-state index contributed by atoms with van der Waals surface area (Å²) in [5, 5.41) is 8.56. The van der Waals surface area contributed by atoms with Crippen LogP contribution in [0.4, 0.5) is 0 Å². The minimum absolute atomic E-state index is 0. The first-order valence-corrected chi connectivity index (χ1v) is 13.3. The van der Waals surface area contributed by atoms with E-state index < -0.39 is 31.3 Å². The summed E-state index contributed by atoms with van der Waals surface area (Å²) in [5.41, 5.74) is 1.96. The van der Waals surface area contributed by atoms with Crippen molar-refractivity contribution in [2.45, 2.75) is 49.6 Å². The van der Waals surface area contributed by atoms with Gasteiger partial charge in [-0.2, -0.15) is 8.42 Å². The van der Waals surface area contributed by atoms with Gasteiger partial charge in [0, 0.05) is 24.9 Å². The molecule has 0 spiro atoms. The van der Waals surface area contributed by atoms with E-state index in [1.807, 2.05) is 13.8 Å². The van der Waals surface area contributed by atoms with Crippen LogP contribution in [-0.2, 0) is 32.8 Å². The van der Waals surface area contributed by atoms with Crippen molar-refractivity contribution in [1.29, 1.82) is 0 Å². The SMILES string of the molecule is Cc1ccc(S(=O)(=O)Cl)cc1.[2H]C(C)(COC)OS(=O)(=O)c1ccc(C)cc1.[2H]C(C)(O)COC.[H-].[Na+]. The Morgan fingerprint density at radius 2 is 1.26 bits per heavy atom. The van der Waals surface area contributed by atoms with Crippen molar-refractivity contribution >= 4 is 29.9 Å². The Labute approximate surface area is 234 Å². The van der Waals surface area contributed by atoms with E-state index in [9.17, 15) is 16.8 Å². The van der Waals surface area contributed by atoms with Crippen molar-refractivity contribution in [3.63, 3.8) is 0 Å². The number of aliphatic hydroxyl groups is 1. The summed E-state index contributed by atoms with van der Waals surface area (Å²) in [7, 11) is 0.442. The molecule has 0 amide bonds. The van der Waals surface area contributed by atoms with Crippen molar-refractivity contribution in [1.82, 2.24) is 0 Å². The Morgan fingerprint density at radius 3 is 1.56 bits per heavy atom. The van der Waals surface area contributed by atoms with E-state index in [0.717, 1.165) is 11.1 Å². The molecule has 2 unspecified atom stereocenters. The van der Waals surface area contributed by atoms with Gasteiger partial charge >= 0.3 is 29.6 Å². The molecule has 8 nitrogen and oxygen atoms in total. The molecule has 0 heterocycles. The topological polar surface area (TPSA) is 116 Å². The van der Waals surface area contributed by atoms with Crippen LogP contribution < -0.4 is 29.6 Å². The van der Waals surface area contributed by atoms with Crippen molar-refractivity contribution < 1.29 is 69.3 Å². The van der Waals surface area contributed by atoms with Crippen LogP contribution in [0.2, 0.25) is 0 Å². The maximum Gasteiger partial charge on any atom is 1.00 e. The van der Waals surface area contributed by atoms with E-state index in [2.05, 4.69) is 4.74 Å². The predicted octanol–water partition coefficient (Wildman–Crippen LogP) is 0.788. The monoisotopic (exact) mass is 550 g/mol. The van der Waals surface area contributed by atoms with Gasteiger partial charge < -0.3 is 16.0 Å². The van der Waals surface area contributed by atoms with Gasteiger partial charge in [0.1, 0.15) is 0 Å². The molecule has 0 aliphatic rings. The van der Waals surface area contributed by atoms with E-state index in [0.29, 0.717) is 0 Å². The first kappa shape index (κ1) is 31.5. The molecule has 2 atom stereocenters. The molecule has 1 N–H and O–H groups in total. The van der Waals surface area contributed by atoms with E-state index in [4.69, 9.17) is 27.5 Å². The van der Waals surface area contributed by atoms with Crippen molar-refractivity contribution in [2.24, 2.45) is 0 Å². The Morgan fingerprint density at radius 1 is 0.882 bits per heavy atom. The first-order valence-electron chi connectivity index (χ1n) is 10.6. The van der Waals surface area contributed by atoms with Gasteiger partial charge in [0.15, 0.2) is 0 Å². The Kier molecular flexibility index (Phi) is 16.5. The molecule has 0 bridgehead atoms. The average molecular weight is 551 g/mol. The summed E-state index contributed by atoms with van der Waals surface area (Å²) in [6, 6.07) is 12.6. The number of ether oxygens (including phenoxy) is 2. The molecule has 2 aromatic rings. The van der Waals surface area contributed by atoms with Crippen LogP contribution >= 0.6 is 10.7 Å². The molecule has 0 aromatic heterocycles. The second-order valence-electron chi connectivity index (χ2n) is 6.90. The van der Waals surface area contributed by atoms with Crippen molar-refractivity contribution in [2.75, 3.05) is 27.4 Å². The number of aryl methyl sites for hydroxylation is 2. The van der Waals surface area contributed by atoms with Gasteiger partial charge in [-0.15, -0.1) is 0 Å². The fourth-order valence-electron chi connectivity index (χ4n) is 2.08. The maximum atomic E-state index is 11.8. The summed E-state index contributed by atoms with van der Waals surface area (Å²) in [5.74, 6) is 0. The summed E-state index contributed by atoms with van der Waals surface area (Å²) in [6.07, 6.45) is -3.05. The third-order valence-corrected chi connectivity index (χ3v) is 6.29. The molecule has 12 heteroatoms. The average Bonchev–Trinajstić information content (AvgIpc) is 2.67. The van der Waals surface area contributed by atoms with Crippen LogP contribution in [0, 0.1) is 13.8 Å². The number of hydrogen-bond acceptors (Lipinski definition) is 8. The molecule has 2 rings (SSSR count). The normalized spacial score (nSPS) is 15.4. The van der Waals surface area contributed by atoms with Gasteiger partial charge in [0.05, 0.1) is 37.9 Å². The van der Waals surface area contributed by atoms with E-state index >= 15 is 0 Å². The van der Waals surface area contributed by atoms with Crippen LogP contribution in [0.25, 0.3) is 0 Å². The smallest absolute Gasteiger partial charge is 1.00 e. The van der Waals surface area contributed by atoms with Crippen LogP contribution in [0.3, 0.4) is 0 Å². The van der Waals surface area contributed by atoms with Gasteiger partial charge in [-0.05, 0) is 52.0 Å². The first-order chi connectivity index (χ1) is 15.8. The zero-order chi connectivity index (χ0) is 27.5. The summed E-state index contributed by atoms with van der Waals surface area (Å²) in [6.45, 7) is 6.38. The Bertz CT molecular complexity index is 1110. The minimum Gasteiger partial charge on any atom is -1.00 e. The zero-order valence-corrected chi connectivity index (χ0v) is 24.9.